The number of likely N-dealkylation sites (N-methyl/N-ethyl adjacent to an activating group) is 1. The van der Waals surface area contributed by atoms with E-state index in [-0.39, 0.29) is 28.6 Å². The molecule has 1 aromatic carbocycles. The Labute approximate surface area is 162 Å². The Kier molecular flexibility index (Phi) is 5.75. The molecule has 7 nitrogen and oxygen atoms in total. The third-order valence-corrected chi connectivity index (χ3v) is 6.79. The zero-order valence-electron chi connectivity index (χ0n) is 15.1. The van der Waals surface area contributed by atoms with Gasteiger partial charge in [-0.25, -0.2) is 13.1 Å². The van der Waals surface area contributed by atoms with Crippen LogP contribution in [-0.2, 0) is 10.0 Å². The summed E-state index contributed by atoms with van der Waals surface area (Å²) in [5.74, 6) is -1.09. The van der Waals surface area contributed by atoms with Crippen LogP contribution in [-0.4, -0.2) is 44.8 Å². The van der Waals surface area contributed by atoms with Crippen LogP contribution in [0.1, 0.15) is 46.2 Å². The highest BCUT2D eigenvalue weighted by Crippen LogP contribution is 2.24. The Morgan fingerprint density at radius 3 is 2.44 bits per heavy atom. The van der Waals surface area contributed by atoms with Crippen LogP contribution in [0.15, 0.2) is 39.9 Å². The molecule has 0 spiro atoms. The summed E-state index contributed by atoms with van der Waals surface area (Å²) in [5, 5.41) is 6.15. The molecule has 0 saturated carbocycles. The van der Waals surface area contributed by atoms with Gasteiger partial charge < -0.3 is 0 Å². The number of fused-ring (bicyclic) bond motifs is 1. The van der Waals surface area contributed by atoms with Crippen molar-refractivity contribution >= 4 is 33.2 Å². The molecule has 2 amide bonds. The van der Waals surface area contributed by atoms with Gasteiger partial charge in [0.15, 0.2) is 0 Å². The van der Waals surface area contributed by atoms with Gasteiger partial charge in [0.05, 0.1) is 16.0 Å². The lowest BCUT2D eigenvalue weighted by Crippen LogP contribution is -2.37. The van der Waals surface area contributed by atoms with E-state index in [1.165, 1.54) is 18.2 Å². The van der Waals surface area contributed by atoms with E-state index in [0.717, 1.165) is 18.7 Å². The average Bonchev–Trinajstić information content (AvgIpc) is 3.27. The Hall–Kier alpha value is -2.07. The Bertz CT molecular complexity index is 951. The standard InChI is InChI=1S/C18H21N3O4S2/c1-3-21(4-2)16(12-7-8-26-11-12)10-19-27(24,25)13-5-6-14-15(9-13)18(23)20-17(14)22/h5-9,11,16,19H,3-4,10H2,1-2H3,(H,20,22,23). The van der Waals surface area contributed by atoms with E-state index in [9.17, 15) is 18.0 Å². The lowest BCUT2D eigenvalue weighted by molar-refractivity contribution is 0.0879. The van der Waals surface area contributed by atoms with E-state index >= 15 is 0 Å². The van der Waals surface area contributed by atoms with Crippen molar-refractivity contribution in [2.75, 3.05) is 19.6 Å². The molecular weight excluding hydrogens is 386 g/mol. The monoisotopic (exact) mass is 407 g/mol. The maximum Gasteiger partial charge on any atom is 0.258 e. The highest BCUT2D eigenvalue weighted by Gasteiger charge is 2.29. The molecule has 9 heteroatoms. The van der Waals surface area contributed by atoms with Gasteiger partial charge in [0, 0.05) is 12.6 Å². The number of nitrogens with one attached hydrogen (secondary N) is 2. The van der Waals surface area contributed by atoms with Crippen molar-refractivity contribution in [2.45, 2.75) is 24.8 Å². The first kappa shape index (κ1) is 19.7. The molecule has 0 bridgehead atoms. The fraction of sp³-hybridized carbons (Fsp3) is 0.333. The van der Waals surface area contributed by atoms with Crippen molar-refractivity contribution in [3.8, 4) is 0 Å². The van der Waals surface area contributed by atoms with E-state index in [4.69, 9.17) is 0 Å². The van der Waals surface area contributed by atoms with Crippen LogP contribution in [0, 0.1) is 0 Å². The summed E-state index contributed by atoms with van der Waals surface area (Å²) < 4.78 is 28.1. The fourth-order valence-corrected chi connectivity index (χ4v) is 4.94. The number of carbonyl (C=O) groups is 2. The van der Waals surface area contributed by atoms with Gasteiger partial charge in [-0.1, -0.05) is 13.8 Å². The Morgan fingerprint density at radius 2 is 1.81 bits per heavy atom. The third-order valence-electron chi connectivity index (χ3n) is 4.67. The SMILES string of the molecule is CCN(CC)C(CNS(=O)(=O)c1ccc2c(c1)C(=O)NC2=O)c1ccsc1. The summed E-state index contributed by atoms with van der Waals surface area (Å²) in [6.45, 7) is 5.86. The first-order valence-electron chi connectivity index (χ1n) is 8.63. The molecule has 1 atom stereocenters. The molecule has 144 valence electrons. The van der Waals surface area contributed by atoms with Crippen molar-refractivity contribution in [3.63, 3.8) is 0 Å². The molecule has 2 aromatic rings. The predicted molar refractivity (Wildman–Crippen MR) is 103 cm³/mol. The zero-order chi connectivity index (χ0) is 19.6. The van der Waals surface area contributed by atoms with Crippen LogP contribution in [0.2, 0.25) is 0 Å². The van der Waals surface area contributed by atoms with Crippen LogP contribution in [0.3, 0.4) is 0 Å². The molecular formula is C18H21N3O4S2. The van der Waals surface area contributed by atoms with Gasteiger partial charge >= 0.3 is 0 Å². The summed E-state index contributed by atoms with van der Waals surface area (Å²) in [5.41, 5.74) is 1.34. The summed E-state index contributed by atoms with van der Waals surface area (Å²) >= 11 is 1.57. The molecule has 1 aromatic heterocycles. The summed E-state index contributed by atoms with van der Waals surface area (Å²) in [6, 6.07) is 5.86. The minimum absolute atomic E-state index is 0.0327. The molecule has 0 saturated heterocycles. The molecule has 2 N–H and O–H groups in total. The van der Waals surface area contributed by atoms with Crippen molar-refractivity contribution in [2.24, 2.45) is 0 Å². The van der Waals surface area contributed by atoms with Crippen LogP contribution < -0.4 is 10.0 Å². The van der Waals surface area contributed by atoms with E-state index in [1.54, 1.807) is 11.3 Å². The quantitative estimate of drug-likeness (QED) is 0.653. The lowest BCUT2D eigenvalue weighted by atomic mass is 10.1. The van der Waals surface area contributed by atoms with E-state index in [2.05, 4.69) is 14.9 Å². The van der Waals surface area contributed by atoms with Crippen molar-refractivity contribution in [1.29, 1.82) is 0 Å². The smallest absolute Gasteiger partial charge is 0.258 e. The Balaban J connectivity index is 1.83. The number of sulfonamides is 1. The maximum atomic E-state index is 12.7. The average molecular weight is 408 g/mol. The molecule has 1 aliphatic heterocycles. The molecule has 1 unspecified atom stereocenters. The topological polar surface area (TPSA) is 95.6 Å². The van der Waals surface area contributed by atoms with Gasteiger partial charge in [0.1, 0.15) is 0 Å². The first-order valence-corrected chi connectivity index (χ1v) is 11.1. The number of benzene rings is 1. The number of amides is 2. The second kappa shape index (κ2) is 7.89. The molecule has 0 fully saturated rings. The summed E-state index contributed by atoms with van der Waals surface area (Å²) in [7, 11) is -3.82. The third kappa shape index (κ3) is 3.96. The van der Waals surface area contributed by atoms with E-state index in [1.807, 2.05) is 30.7 Å². The second-order valence-electron chi connectivity index (χ2n) is 6.14. The van der Waals surface area contributed by atoms with Gasteiger partial charge in [-0.2, -0.15) is 11.3 Å². The van der Waals surface area contributed by atoms with Crippen molar-refractivity contribution < 1.29 is 18.0 Å². The number of hydrogen-bond acceptors (Lipinski definition) is 6. The van der Waals surface area contributed by atoms with Crippen molar-refractivity contribution in [1.82, 2.24) is 14.9 Å². The minimum Gasteiger partial charge on any atom is -0.296 e. The predicted octanol–water partition coefficient (Wildman–Crippen LogP) is 1.99. The van der Waals surface area contributed by atoms with Gasteiger partial charge in [0.25, 0.3) is 11.8 Å². The largest absolute Gasteiger partial charge is 0.296 e. The highest BCUT2D eigenvalue weighted by molar-refractivity contribution is 7.89. The fourth-order valence-electron chi connectivity index (χ4n) is 3.17. The van der Waals surface area contributed by atoms with Gasteiger partial charge in [-0.3, -0.25) is 19.8 Å². The van der Waals surface area contributed by atoms with Crippen LogP contribution in [0.5, 0.6) is 0 Å². The number of thiophene rings is 1. The Morgan fingerprint density at radius 1 is 1.11 bits per heavy atom. The normalized spacial score (nSPS) is 15.1. The molecule has 3 rings (SSSR count). The van der Waals surface area contributed by atoms with Crippen LogP contribution >= 0.6 is 11.3 Å². The second-order valence-corrected chi connectivity index (χ2v) is 8.68. The minimum atomic E-state index is -3.82. The van der Waals surface area contributed by atoms with Crippen LogP contribution in [0.4, 0.5) is 0 Å². The molecule has 2 heterocycles. The molecule has 0 aliphatic carbocycles. The molecule has 27 heavy (non-hydrogen) atoms. The number of rotatable bonds is 8. The first-order chi connectivity index (χ1) is 12.9. The van der Waals surface area contributed by atoms with Gasteiger partial charge in [-0.05, 0) is 53.7 Å². The lowest BCUT2D eigenvalue weighted by Gasteiger charge is -2.29. The number of carbonyl (C=O) groups excluding carboxylic acids is 2. The molecule has 0 radical (unpaired) electrons. The number of hydrogen-bond donors (Lipinski definition) is 2. The summed E-state index contributed by atoms with van der Waals surface area (Å²) in [6.07, 6.45) is 0. The molecule has 1 aliphatic rings. The van der Waals surface area contributed by atoms with Crippen molar-refractivity contribution in [3.05, 3.63) is 51.7 Å². The summed E-state index contributed by atoms with van der Waals surface area (Å²) in [4.78, 5) is 25.6. The number of nitrogens with zero attached hydrogens (tertiary/aromatic N) is 1. The van der Waals surface area contributed by atoms with Gasteiger partial charge in [0.2, 0.25) is 10.0 Å². The number of imide groups is 1. The zero-order valence-corrected chi connectivity index (χ0v) is 16.7. The van der Waals surface area contributed by atoms with Gasteiger partial charge in [-0.15, -0.1) is 0 Å². The van der Waals surface area contributed by atoms with Crippen LogP contribution in [0.25, 0.3) is 0 Å². The van der Waals surface area contributed by atoms with E-state index < -0.39 is 21.8 Å². The highest BCUT2D eigenvalue weighted by atomic mass is 32.2. The maximum absolute atomic E-state index is 12.7. The van der Waals surface area contributed by atoms with E-state index in [0.29, 0.717) is 0 Å².